The van der Waals surface area contributed by atoms with E-state index in [0.717, 1.165) is 12.8 Å². The van der Waals surface area contributed by atoms with E-state index in [1.807, 2.05) is 6.92 Å². The first-order valence-corrected chi connectivity index (χ1v) is 8.94. The van der Waals surface area contributed by atoms with Gasteiger partial charge in [0.25, 0.3) is 0 Å². The van der Waals surface area contributed by atoms with Gasteiger partial charge in [-0.15, -0.1) is 0 Å². The molecule has 1 heterocycles. The van der Waals surface area contributed by atoms with E-state index in [1.165, 1.54) is 70.6 Å². The smallest absolute Gasteiger partial charge is 0.309 e. The van der Waals surface area contributed by atoms with Crippen LogP contribution in [-0.4, -0.2) is 12.1 Å². The maximum Gasteiger partial charge on any atom is 0.309 e. The van der Waals surface area contributed by atoms with Crippen LogP contribution < -0.4 is 0 Å². The van der Waals surface area contributed by atoms with Gasteiger partial charge in [-0.25, -0.2) is 0 Å². The second-order valence-electron chi connectivity index (χ2n) is 6.52. The Labute approximate surface area is 125 Å². The van der Waals surface area contributed by atoms with Crippen molar-refractivity contribution in [2.75, 3.05) is 0 Å². The number of carbonyl (C=O) groups excluding carboxylic acids is 1. The van der Waals surface area contributed by atoms with Gasteiger partial charge in [-0.2, -0.15) is 0 Å². The summed E-state index contributed by atoms with van der Waals surface area (Å²) < 4.78 is 5.33. The summed E-state index contributed by atoms with van der Waals surface area (Å²) >= 11 is 0. The van der Waals surface area contributed by atoms with Crippen LogP contribution in [0.15, 0.2) is 0 Å². The highest BCUT2D eigenvalue weighted by atomic mass is 16.5. The van der Waals surface area contributed by atoms with Gasteiger partial charge < -0.3 is 4.74 Å². The molecule has 0 unspecified atom stereocenters. The molecule has 118 valence electrons. The molecule has 0 saturated carbocycles. The van der Waals surface area contributed by atoms with Gasteiger partial charge >= 0.3 is 5.97 Å². The monoisotopic (exact) mass is 282 g/mol. The van der Waals surface area contributed by atoms with Crippen molar-refractivity contribution in [1.82, 2.24) is 0 Å². The fraction of sp³-hybridized carbons (Fsp3) is 0.944. The van der Waals surface area contributed by atoms with Gasteiger partial charge in [0, 0.05) is 0 Å². The van der Waals surface area contributed by atoms with E-state index < -0.39 is 0 Å². The fourth-order valence-electron chi connectivity index (χ4n) is 3.03. The van der Waals surface area contributed by atoms with Crippen LogP contribution in [0.25, 0.3) is 0 Å². The molecule has 0 aliphatic carbocycles. The van der Waals surface area contributed by atoms with Crippen molar-refractivity contribution in [3.8, 4) is 0 Å². The third kappa shape index (κ3) is 7.91. The number of carbonyl (C=O) groups is 1. The highest BCUT2D eigenvalue weighted by Crippen LogP contribution is 2.24. The maximum absolute atomic E-state index is 11.3. The molecule has 0 spiro atoms. The number of hydrogen-bond acceptors (Lipinski definition) is 2. The highest BCUT2D eigenvalue weighted by molar-refractivity contribution is 5.74. The molecule has 2 atom stereocenters. The van der Waals surface area contributed by atoms with E-state index in [1.54, 1.807) is 0 Å². The first-order chi connectivity index (χ1) is 9.74. The predicted molar refractivity (Wildman–Crippen MR) is 84.7 cm³/mol. The van der Waals surface area contributed by atoms with Crippen molar-refractivity contribution in [1.29, 1.82) is 0 Å². The Balaban J connectivity index is 1.78. The summed E-state index contributed by atoms with van der Waals surface area (Å²) in [5.74, 6) is 0.144. The number of ether oxygens (including phenoxy) is 1. The number of esters is 1. The van der Waals surface area contributed by atoms with Crippen molar-refractivity contribution < 1.29 is 9.53 Å². The summed E-state index contributed by atoms with van der Waals surface area (Å²) in [7, 11) is 0. The van der Waals surface area contributed by atoms with Gasteiger partial charge in [-0.05, 0) is 19.3 Å². The quantitative estimate of drug-likeness (QED) is 0.342. The molecule has 0 aromatic carbocycles. The Kier molecular flexibility index (Phi) is 9.78. The molecule has 0 aromatic rings. The largest absolute Gasteiger partial charge is 0.462 e. The maximum atomic E-state index is 11.3. The van der Waals surface area contributed by atoms with Crippen molar-refractivity contribution in [2.24, 2.45) is 5.92 Å². The van der Waals surface area contributed by atoms with Crippen molar-refractivity contribution in [3.05, 3.63) is 0 Å². The normalized spacial score (nSPS) is 22.2. The van der Waals surface area contributed by atoms with Crippen LogP contribution in [0.1, 0.15) is 97.3 Å². The minimum Gasteiger partial charge on any atom is -0.462 e. The van der Waals surface area contributed by atoms with Crippen LogP contribution in [0, 0.1) is 5.92 Å². The first-order valence-electron chi connectivity index (χ1n) is 8.94. The Bertz CT molecular complexity index is 250. The van der Waals surface area contributed by atoms with Crippen molar-refractivity contribution in [2.45, 2.75) is 103 Å². The van der Waals surface area contributed by atoms with Crippen molar-refractivity contribution in [3.63, 3.8) is 0 Å². The minimum absolute atomic E-state index is 0.0121. The van der Waals surface area contributed by atoms with Crippen LogP contribution >= 0.6 is 0 Å². The van der Waals surface area contributed by atoms with Gasteiger partial charge in [-0.1, -0.05) is 78.1 Å². The molecule has 2 nitrogen and oxygen atoms in total. The number of rotatable bonds is 12. The van der Waals surface area contributed by atoms with Gasteiger partial charge in [0.05, 0.1) is 5.92 Å². The zero-order valence-corrected chi connectivity index (χ0v) is 13.7. The average molecular weight is 282 g/mol. The molecule has 1 fully saturated rings. The molecule has 1 rings (SSSR count). The summed E-state index contributed by atoms with van der Waals surface area (Å²) in [6.07, 6.45) is 17.4. The zero-order valence-electron chi connectivity index (χ0n) is 13.7. The topological polar surface area (TPSA) is 26.3 Å². The molecule has 20 heavy (non-hydrogen) atoms. The summed E-state index contributed by atoms with van der Waals surface area (Å²) in [6.45, 7) is 4.25. The summed E-state index contributed by atoms with van der Waals surface area (Å²) in [6, 6.07) is 0. The minimum atomic E-state index is 0.0121. The van der Waals surface area contributed by atoms with E-state index in [2.05, 4.69) is 6.92 Å². The van der Waals surface area contributed by atoms with Crippen LogP contribution in [0.4, 0.5) is 0 Å². The third-order valence-electron chi connectivity index (χ3n) is 4.43. The van der Waals surface area contributed by atoms with Crippen LogP contribution in [0.2, 0.25) is 0 Å². The van der Waals surface area contributed by atoms with Gasteiger partial charge in [0.15, 0.2) is 0 Å². The highest BCUT2D eigenvalue weighted by Gasteiger charge is 2.30. The third-order valence-corrected chi connectivity index (χ3v) is 4.43. The van der Waals surface area contributed by atoms with Crippen LogP contribution in [-0.2, 0) is 9.53 Å². The van der Waals surface area contributed by atoms with E-state index in [0.29, 0.717) is 0 Å². The molecule has 0 amide bonds. The molecule has 1 saturated heterocycles. The van der Waals surface area contributed by atoms with E-state index in [-0.39, 0.29) is 18.0 Å². The molecule has 1 aliphatic heterocycles. The molecule has 0 bridgehead atoms. The standard InChI is InChI=1S/C18H34O2/c1-3-4-5-6-7-8-9-10-11-12-13-14-17-15-16(2)18(19)20-17/h16-17H,3-15H2,1-2H3/t16-,17+/m1/s1. The van der Waals surface area contributed by atoms with Gasteiger partial charge in [0.2, 0.25) is 0 Å². The second kappa shape index (κ2) is 11.2. The predicted octanol–water partition coefficient (Wildman–Crippen LogP) is 5.64. The molecular weight excluding hydrogens is 248 g/mol. The van der Waals surface area contributed by atoms with Crippen LogP contribution in [0.5, 0.6) is 0 Å². The summed E-state index contributed by atoms with van der Waals surface area (Å²) in [4.78, 5) is 11.3. The van der Waals surface area contributed by atoms with Crippen molar-refractivity contribution >= 4 is 5.97 Å². The lowest BCUT2D eigenvalue weighted by Gasteiger charge is -2.08. The Hall–Kier alpha value is -0.530. The van der Waals surface area contributed by atoms with Gasteiger partial charge in [0.1, 0.15) is 6.10 Å². The average Bonchev–Trinajstić information content (AvgIpc) is 2.75. The molecule has 0 aromatic heterocycles. The lowest BCUT2D eigenvalue weighted by atomic mass is 10.0. The fourth-order valence-corrected chi connectivity index (χ4v) is 3.03. The summed E-state index contributed by atoms with van der Waals surface area (Å²) in [5, 5.41) is 0. The van der Waals surface area contributed by atoms with Gasteiger partial charge in [-0.3, -0.25) is 4.79 Å². The van der Waals surface area contributed by atoms with Crippen LogP contribution in [0.3, 0.4) is 0 Å². The lowest BCUT2D eigenvalue weighted by Crippen LogP contribution is -2.06. The Morgan fingerprint density at radius 3 is 1.85 bits per heavy atom. The van der Waals surface area contributed by atoms with E-state index >= 15 is 0 Å². The molecule has 1 aliphatic rings. The SMILES string of the molecule is CCCCCCCCCCCCC[C@H]1C[C@@H](C)C(=O)O1. The number of unbranched alkanes of at least 4 members (excludes halogenated alkanes) is 10. The molecule has 2 heteroatoms. The zero-order chi connectivity index (χ0) is 14.6. The first kappa shape index (κ1) is 17.5. The van der Waals surface area contributed by atoms with E-state index in [4.69, 9.17) is 4.74 Å². The second-order valence-corrected chi connectivity index (χ2v) is 6.52. The number of cyclic esters (lactones) is 1. The Morgan fingerprint density at radius 1 is 0.900 bits per heavy atom. The lowest BCUT2D eigenvalue weighted by molar-refractivity contribution is -0.144. The van der Waals surface area contributed by atoms with E-state index in [9.17, 15) is 4.79 Å². The molecule has 0 radical (unpaired) electrons. The molecule has 0 N–H and O–H groups in total. The summed E-state index contributed by atoms with van der Waals surface area (Å²) in [5.41, 5.74) is 0. The number of hydrogen-bond donors (Lipinski definition) is 0. The molecular formula is C18H34O2. The Morgan fingerprint density at radius 2 is 1.40 bits per heavy atom.